The predicted molar refractivity (Wildman–Crippen MR) is 123 cm³/mol. The molecule has 3 aliphatic rings. The van der Waals surface area contributed by atoms with Gasteiger partial charge < -0.3 is 18.9 Å². The van der Waals surface area contributed by atoms with Gasteiger partial charge in [0.05, 0.1) is 11.1 Å². The molecule has 0 aliphatic carbocycles. The Morgan fingerprint density at radius 2 is 1.79 bits per heavy atom. The molecule has 3 heterocycles. The van der Waals surface area contributed by atoms with Crippen LogP contribution in [0.1, 0.15) is 27.0 Å². The second-order valence-electron chi connectivity index (χ2n) is 7.97. The normalized spacial score (nSPS) is 17.5. The van der Waals surface area contributed by atoms with Crippen molar-refractivity contribution in [1.29, 1.82) is 0 Å². The van der Waals surface area contributed by atoms with E-state index in [1.807, 2.05) is 24.3 Å². The minimum Gasteiger partial charge on any atom is -0.478 e. The molecule has 0 saturated carbocycles. The van der Waals surface area contributed by atoms with Crippen LogP contribution in [0.3, 0.4) is 0 Å². The maximum atomic E-state index is 13.0. The summed E-state index contributed by atoms with van der Waals surface area (Å²) in [5.74, 6) is 2.78. The molecule has 0 aromatic heterocycles. The quantitative estimate of drug-likeness (QED) is 0.447. The molecule has 6 rings (SSSR count). The van der Waals surface area contributed by atoms with E-state index in [1.165, 1.54) is 0 Å². The molecule has 0 spiro atoms. The molecular weight excluding hydrogens is 465 g/mol. The highest BCUT2D eigenvalue weighted by Crippen LogP contribution is 2.43. The third kappa shape index (κ3) is 3.70. The lowest BCUT2D eigenvalue weighted by molar-refractivity contribution is 0.0872. The Morgan fingerprint density at radius 1 is 0.939 bits per heavy atom. The van der Waals surface area contributed by atoms with Gasteiger partial charge in [0.15, 0.2) is 17.3 Å². The van der Waals surface area contributed by atoms with Gasteiger partial charge in [0.25, 0.3) is 0 Å². The van der Waals surface area contributed by atoms with Crippen molar-refractivity contribution in [3.8, 4) is 23.0 Å². The highest BCUT2D eigenvalue weighted by atomic mass is 35.5. The fourth-order valence-corrected chi connectivity index (χ4v) is 4.63. The van der Waals surface area contributed by atoms with Crippen molar-refractivity contribution in [3.63, 3.8) is 0 Å². The molecule has 3 aliphatic heterocycles. The summed E-state index contributed by atoms with van der Waals surface area (Å²) in [5, 5.41) is 0.973. The van der Waals surface area contributed by atoms with Crippen LogP contribution in [-0.4, -0.2) is 24.2 Å². The summed E-state index contributed by atoms with van der Waals surface area (Å²) in [4.78, 5) is 15.1. The van der Waals surface area contributed by atoms with Crippen LogP contribution in [0.15, 0.2) is 54.3 Å². The van der Waals surface area contributed by atoms with Crippen molar-refractivity contribution in [2.75, 3.05) is 13.5 Å². The molecular formula is C25H17Cl2NO5. The fourth-order valence-electron chi connectivity index (χ4n) is 4.16. The van der Waals surface area contributed by atoms with E-state index in [0.29, 0.717) is 52.5 Å². The molecule has 6 nitrogen and oxygen atoms in total. The zero-order valence-corrected chi connectivity index (χ0v) is 18.8. The second kappa shape index (κ2) is 7.99. The third-order valence-corrected chi connectivity index (χ3v) is 6.34. The van der Waals surface area contributed by atoms with Crippen molar-refractivity contribution in [3.05, 3.63) is 86.6 Å². The van der Waals surface area contributed by atoms with Crippen LogP contribution in [0.25, 0.3) is 6.08 Å². The van der Waals surface area contributed by atoms with Crippen molar-refractivity contribution < 1.29 is 23.7 Å². The number of ether oxygens (including phenoxy) is 4. The maximum absolute atomic E-state index is 13.0. The van der Waals surface area contributed by atoms with E-state index in [9.17, 15) is 4.79 Å². The van der Waals surface area contributed by atoms with E-state index >= 15 is 0 Å². The van der Waals surface area contributed by atoms with Crippen molar-refractivity contribution in [2.24, 2.45) is 0 Å². The number of carbonyl (C=O) groups is 1. The first-order valence-electron chi connectivity index (χ1n) is 10.3. The Kier molecular flexibility index (Phi) is 4.94. The maximum Gasteiger partial charge on any atom is 0.231 e. The molecule has 8 heteroatoms. The number of Topliss-reactive ketones (excluding diaryl/α,β-unsaturated/α-hetero) is 1. The Labute approximate surface area is 199 Å². The Bertz CT molecular complexity index is 1340. The second-order valence-corrected chi connectivity index (χ2v) is 8.82. The lowest BCUT2D eigenvalue weighted by Gasteiger charge is -2.29. The van der Waals surface area contributed by atoms with Gasteiger partial charge in [0.1, 0.15) is 18.2 Å². The van der Waals surface area contributed by atoms with Crippen LogP contribution in [0.5, 0.6) is 23.0 Å². The summed E-state index contributed by atoms with van der Waals surface area (Å²) < 4.78 is 22.9. The van der Waals surface area contributed by atoms with E-state index in [1.54, 1.807) is 30.3 Å². The first-order chi connectivity index (χ1) is 16.0. The molecule has 166 valence electrons. The van der Waals surface area contributed by atoms with Gasteiger partial charge in [0.2, 0.25) is 12.6 Å². The average Bonchev–Trinajstić information content (AvgIpc) is 3.40. The van der Waals surface area contributed by atoms with Crippen LogP contribution in [0.4, 0.5) is 0 Å². The summed E-state index contributed by atoms with van der Waals surface area (Å²) >= 11 is 12.3. The number of ketones is 1. The summed E-state index contributed by atoms with van der Waals surface area (Å²) in [6.07, 6.45) is 1.64. The zero-order chi connectivity index (χ0) is 22.5. The van der Waals surface area contributed by atoms with Gasteiger partial charge in [0, 0.05) is 23.1 Å². The molecule has 0 bridgehead atoms. The van der Waals surface area contributed by atoms with Crippen molar-refractivity contribution in [2.45, 2.75) is 13.1 Å². The predicted octanol–water partition coefficient (Wildman–Crippen LogP) is 5.69. The van der Waals surface area contributed by atoms with E-state index < -0.39 is 0 Å². The van der Waals surface area contributed by atoms with Gasteiger partial charge in [-0.15, -0.1) is 0 Å². The molecule has 3 aromatic rings. The average molecular weight is 482 g/mol. The number of rotatable bonds is 3. The molecule has 0 unspecified atom stereocenters. The SMILES string of the molecule is O=C1/C(=C/c2ccc(Cl)cc2Cl)Oc2c1ccc1c2CN(Cc2ccc3c(c2)OCO3)CO1. The number of carbonyl (C=O) groups excluding carboxylic acids is 1. The van der Waals surface area contributed by atoms with Crippen LogP contribution in [0.2, 0.25) is 10.0 Å². The van der Waals surface area contributed by atoms with E-state index in [-0.39, 0.29) is 18.3 Å². The Balaban J connectivity index is 1.27. The summed E-state index contributed by atoms with van der Waals surface area (Å²) in [6.45, 7) is 1.90. The first kappa shape index (κ1) is 20.4. The lowest BCUT2D eigenvalue weighted by Crippen LogP contribution is -2.31. The van der Waals surface area contributed by atoms with Gasteiger partial charge in [-0.05, 0) is 53.6 Å². The lowest BCUT2D eigenvalue weighted by atomic mass is 10.0. The summed E-state index contributed by atoms with van der Waals surface area (Å²) in [5.41, 5.74) is 3.10. The zero-order valence-electron chi connectivity index (χ0n) is 17.3. The van der Waals surface area contributed by atoms with Gasteiger partial charge in [-0.25, -0.2) is 0 Å². The van der Waals surface area contributed by atoms with Gasteiger partial charge >= 0.3 is 0 Å². The molecule has 33 heavy (non-hydrogen) atoms. The van der Waals surface area contributed by atoms with E-state index in [2.05, 4.69) is 4.90 Å². The van der Waals surface area contributed by atoms with Crippen LogP contribution in [0, 0.1) is 0 Å². The third-order valence-electron chi connectivity index (χ3n) is 5.77. The van der Waals surface area contributed by atoms with Gasteiger partial charge in [-0.3, -0.25) is 9.69 Å². The number of benzene rings is 3. The van der Waals surface area contributed by atoms with E-state index in [0.717, 1.165) is 22.6 Å². The number of allylic oxidation sites excluding steroid dienone is 1. The number of hydrogen-bond acceptors (Lipinski definition) is 6. The fraction of sp³-hybridized carbons (Fsp3) is 0.160. The molecule has 0 amide bonds. The molecule has 3 aromatic carbocycles. The highest BCUT2D eigenvalue weighted by Gasteiger charge is 2.33. The largest absolute Gasteiger partial charge is 0.478 e. The first-order valence-corrected chi connectivity index (χ1v) is 11.1. The smallest absolute Gasteiger partial charge is 0.231 e. The van der Waals surface area contributed by atoms with Crippen molar-refractivity contribution >= 4 is 35.1 Å². The summed E-state index contributed by atoms with van der Waals surface area (Å²) in [6, 6.07) is 14.6. The van der Waals surface area contributed by atoms with Crippen molar-refractivity contribution in [1.82, 2.24) is 4.90 Å². The molecule has 0 atom stereocenters. The molecule has 0 saturated heterocycles. The van der Waals surface area contributed by atoms with E-state index in [4.69, 9.17) is 42.1 Å². The monoisotopic (exact) mass is 481 g/mol. The minimum atomic E-state index is -0.188. The van der Waals surface area contributed by atoms with Crippen LogP contribution < -0.4 is 18.9 Å². The number of hydrogen-bond donors (Lipinski definition) is 0. The topological polar surface area (TPSA) is 57.2 Å². The Morgan fingerprint density at radius 3 is 2.67 bits per heavy atom. The van der Waals surface area contributed by atoms with Crippen LogP contribution >= 0.6 is 23.2 Å². The number of halogens is 2. The minimum absolute atomic E-state index is 0.188. The molecule has 0 N–H and O–H groups in total. The van der Waals surface area contributed by atoms with Gasteiger partial charge in [-0.2, -0.15) is 0 Å². The number of nitrogens with zero attached hydrogens (tertiary/aromatic N) is 1. The number of fused-ring (bicyclic) bond motifs is 4. The van der Waals surface area contributed by atoms with Crippen LogP contribution in [-0.2, 0) is 13.1 Å². The summed E-state index contributed by atoms with van der Waals surface area (Å²) in [7, 11) is 0. The highest BCUT2D eigenvalue weighted by molar-refractivity contribution is 6.35. The Hall–Kier alpha value is -3.19. The molecule has 0 radical (unpaired) electrons. The van der Waals surface area contributed by atoms with Gasteiger partial charge in [-0.1, -0.05) is 35.3 Å². The standard InChI is InChI=1S/C25H17Cl2NO5/c26-16-3-2-15(19(27)9-16)8-23-24(29)17-4-6-20-18(25(17)33-23)11-28(12-30-20)10-14-1-5-21-22(7-14)32-13-31-21/h1-9H,10-13H2/b23-8-. The molecule has 0 fully saturated rings.